The van der Waals surface area contributed by atoms with Gasteiger partial charge in [0.1, 0.15) is 11.9 Å². The van der Waals surface area contributed by atoms with E-state index >= 15 is 0 Å². The van der Waals surface area contributed by atoms with Crippen molar-refractivity contribution in [1.29, 1.82) is 0 Å². The Labute approximate surface area is 212 Å². The molecule has 2 aliphatic heterocycles. The van der Waals surface area contributed by atoms with Crippen LogP contribution in [0, 0.1) is 12.7 Å². The molecule has 190 valence electrons. The summed E-state index contributed by atoms with van der Waals surface area (Å²) in [5.41, 5.74) is 2.67. The summed E-state index contributed by atoms with van der Waals surface area (Å²) >= 11 is 6.17. The van der Waals surface area contributed by atoms with Crippen LogP contribution in [0.25, 0.3) is 0 Å². The molecule has 2 aromatic rings. The minimum absolute atomic E-state index is 0.0816. The first-order valence-corrected chi connectivity index (χ1v) is 14.0. The van der Waals surface area contributed by atoms with Crippen LogP contribution in [-0.2, 0) is 14.8 Å². The summed E-state index contributed by atoms with van der Waals surface area (Å²) in [5.74, 6) is -0.0856. The monoisotopic (exact) mass is 521 g/mol. The molecule has 0 saturated carbocycles. The Bertz CT molecular complexity index is 1180. The van der Waals surface area contributed by atoms with Gasteiger partial charge in [0.05, 0.1) is 5.25 Å². The number of nitrogens with zero attached hydrogens (tertiary/aromatic N) is 3. The molecule has 4 rings (SSSR count). The van der Waals surface area contributed by atoms with Crippen molar-refractivity contribution >= 4 is 33.2 Å². The average Bonchev–Trinajstić information content (AvgIpc) is 2.83. The van der Waals surface area contributed by atoms with Crippen LogP contribution in [0.1, 0.15) is 43.7 Å². The van der Waals surface area contributed by atoms with Gasteiger partial charge in [-0.2, -0.15) is 4.31 Å². The van der Waals surface area contributed by atoms with Crippen molar-refractivity contribution in [2.75, 3.05) is 37.6 Å². The summed E-state index contributed by atoms with van der Waals surface area (Å²) in [6.07, 6.45) is 1.64. The molecule has 0 spiro atoms. The highest BCUT2D eigenvalue weighted by Gasteiger charge is 2.41. The molecule has 2 heterocycles. The van der Waals surface area contributed by atoms with Crippen molar-refractivity contribution in [3.8, 4) is 0 Å². The Morgan fingerprint density at radius 2 is 1.77 bits per heavy atom. The molecule has 2 aliphatic rings. The van der Waals surface area contributed by atoms with Crippen molar-refractivity contribution in [3.05, 3.63) is 64.4 Å². The molecule has 2 aromatic carbocycles. The number of rotatable bonds is 5. The van der Waals surface area contributed by atoms with E-state index in [4.69, 9.17) is 11.6 Å². The van der Waals surface area contributed by atoms with Crippen LogP contribution in [0.4, 0.5) is 10.1 Å². The normalized spacial score (nSPS) is 20.5. The number of amides is 1. The van der Waals surface area contributed by atoms with Crippen LogP contribution >= 0.6 is 11.6 Å². The van der Waals surface area contributed by atoms with E-state index in [1.807, 2.05) is 34.9 Å². The van der Waals surface area contributed by atoms with Crippen molar-refractivity contribution in [2.45, 2.75) is 50.8 Å². The van der Waals surface area contributed by atoms with E-state index in [-0.39, 0.29) is 24.8 Å². The Morgan fingerprint density at radius 3 is 2.40 bits per heavy atom. The highest BCUT2D eigenvalue weighted by atomic mass is 35.5. The predicted octanol–water partition coefficient (Wildman–Crippen LogP) is 4.42. The molecular weight excluding hydrogens is 489 g/mol. The molecule has 0 N–H and O–H groups in total. The Balaban J connectivity index is 1.56. The molecule has 35 heavy (non-hydrogen) atoms. The maximum absolute atomic E-state index is 13.8. The second-order valence-electron chi connectivity index (χ2n) is 9.75. The molecule has 2 saturated heterocycles. The second kappa shape index (κ2) is 10.4. The van der Waals surface area contributed by atoms with E-state index < -0.39 is 21.3 Å². The van der Waals surface area contributed by atoms with E-state index in [0.29, 0.717) is 30.6 Å². The summed E-state index contributed by atoms with van der Waals surface area (Å²) < 4.78 is 41.1. The minimum atomic E-state index is -3.51. The molecule has 1 atom stereocenters. The summed E-state index contributed by atoms with van der Waals surface area (Å²) in [6, 6.07) is 11.7. The number of benzene rings is 2. The van der Waals surface area contributed by atoms with Gasteiger partial charge in [-0.25, -0.2) is 12.8 Å². The first-order chi connectivity index (χ1) is 16.6. The van der Waals surface area contributed by atoms with Gasteiger partial charge >= 0.3 is 0 Å². The summed E-state index contributed by atoms with van der Waals surface area (Å²) in [6.45, 7) is 7.07. The van der Waals surface area contributed by atoms with Crippen LogP contribution < -0.4 is 4.90 Å². The van der Waals surface area contributed by atoms with Gasteiger partial charge in [-0.05, 0) is 81.0 Å². The topological polar surface area (TPSA) is 60.9 Å². The number of sulfonamides is 1. The molecule has 0 radical (unpaired) electrons. The van der Waals surface area contributed by atoms with Gasteiger partial charge < -0.3 is 9.80 Å². The van der Waals surface area contributed by atoms with Gasteiger partial charge in [0.25, 0.3) is 0 Å². The molecule has 0 bridgehead atoms. The molecule has 2 fully saturated rings. The Morgan fingerprint density at radius 1 is 1.06 bits per heavy atom. The van der Waals surface area contributed by atoms with E-state index in [2.05, 4.69) is 6.07 Å². The number of piperidine rings is 1. The van der Waals surface area contributed by atoms with Gasteiger partial charge in [-0.1, -0.05) is 23.7 Å². The van der Waals surface area contributed by atoms with Crippen LogP contribution in [0.3, 0.4) is 0 Å². The zero-order chi connectivity index (χ0) is 25.3. The zero-order valence-corrected chi connectivity index (χ0v) is 22.0. The fourth-order valence-corrected chi connectivity index (χ4v) is 6.61. The Kier molecular flexibility index (Phi) is 7.74. The lowest BCUT2D eigenvalue weighted by atomic mass is 9.89. The zero-order valence-electron chi connectivity index (χ0n) is 20.5. The van der Waals surface area contributed by atoms with Crippen molar-refractivity contribution in [2.24, 2.45) is 0 Å². The highest BCUT2D eigenvalue weighted by molar-refractivity contribution is 7.89. The predicted molar refractivity (Wildman–Crippen MR) is 138 cm³/mol. The van der Waals surface area contributed by atoms with Crippen LogP contribution in [0.15, 0.2) is 42.5 Å². The van der Waals surface area contributed by atoms with Gasteiger partial charge in [-0.15, -0.1) is 0 Å². The van der Waals surface area contributed by atoms with Crippen molar-refractivity contribution < 1.29 is 17.6 Å². The first kappa shape index (κ1) is 25.9. The standard InChI is InChI=1S/C26H33ClFN3O3S/c1-18(2)35(33,34)30-13-14-31(24-8-7-23(28)15-19(24)3)25(17-30)26(32)29-11-9-20(10-12-29)21-5-4-6-22(27)16-21/h4-8,15-16,18,20,25H,9-14,17H2,1-3H3. The van der Waals surface area contributed by atoms with Gasteiger partial charge in [0.2, 0.25) is 15.9 Å². The lowest BCUT2D eigenvalue weighted by Crippen LogP contribution is -2.62. The van der Waals surface area contributed by atoms with Crippen LogP contribution in [0.2, 0.25) is 5.02 Å². The molecule has 1 amide bonds. The number of piperazine rings is 1. The maximum atomic E-state index is 13.8. The van der Waals surface area contributed by atoms with Crippen LogP contribution in [-0.4, -0.2) is 67.5 Å². The number of halogens is 2. The fraction of sp³-hybridized carbons (Fsp3) is 0.500. The van der Waals surface area contributed by atoms with E-state index in [0.717, 1.165) is 24.1 Å². The van der Waals surface area contributed by atoms with E-state index in [1.165, 1.54) is 22.0 Å². The summed E-state index contributed by atoms with van der Waals surface area (Å²) in [5, 5.41) is 0.144. The summed E-state index contributed by atoms with van der Waals surface area (Å²) in [7, 11) is -3.51. The van der Waals surface area contributed by atoms with Crippen LogP contribution in [0.5, 0.6) is 0 Å². The first-order valence-electron chi connectivity index (χ1n) is 12.1. The number of anilines is 1. The molecule has 0 aliphatic carbocycles. The maximum Gasteiger partial charge on any atom is 0.246 e. The second-order valence-corrected chi connectivity index (χ2v) is 12.7. The largest absolute Gasteiger partial charge is 0.357 e. The number of hydrogen-bond acceptors (Lipinski definition) is 4. The van der Waals surface area contributed by atoms with E-state index in [1.54, 1.807) is 19.9 Å². The third-order valence-electron chi connectivity index (χ3n) is 7.18. The van der Waals surface area contributed by atoms with Crippen molar-refractivity contribution in [1.82, 2.24) is 9.21 Å². The number of carbonyl (C=O) groups excluding carboxylic acids is 1. The molecule has 0 aromatic heterocycles. The summed E-state index contributed by atoms with van der Waals surface area (Å²) in [4.78, 5) is 17.6. The molecule has 1 unspecified atom stereocenters. The molecule has 9 heteroatoms. The number of aryl methyl sites for hydroxylation is 1. The van der Waals surface area contributed by atoms with Gasteiger partial charge in [0.15, 0.2) is 0 Å². The minimum Gasteiger partial charge on any atom is -0.357 e. The number of likely N-dealkylation sites (tertiary alicyclic amines) is 1. The SMILES string of the molecule is Cc1cc(F)ccc1N1CCN(S(=O)(=O)C(C)C)CC1C(=O)N1CCC(c2cccc(Cl)c2)CC1. The lowest BCUT2D eigenvalue weighted by molar-refractivity contribution is -0.134. The highest BCUT2D eigenvalue weighted by Crippen LogP contribution is 2.32. The number of carbonyl (C=O) groups is 1. The smallest absolute Gasteiger partial charge is 0.246 e. The third-order valence-corrected chi connectivity index (χ3v) is 9.66. The average molecular weight is 522 g/mol. The number of hydrogen-bond donors (Lipinski definition) is 0. The van der Waals surface area contributed by atoms with Gasteiger partial charge in [-0.3, -0.25) is 4.79 Å². The fourth-order valence-electron chi connectivity index (χ4n) is 5.13. The lowest BCUT2D eigenvalue weighted by Gasteiger charge is -2.44. The molecular formula is C26H33ClFN3O3S. The van der Waals surface area contributed by atoms with Gasteiger partial charge in [0, 0.05) is 43.4 Å². The quantitative estimate of drug-likeness (QED) is 0.584. The van der Waals surface area contributed by atoms with Crippen molar-refractivity contribution in [3.63, 3.8) is 0 Å². The third kappa shape index (κ3) is 5.49. The van der Waals surface area contributed by atoms with E-state index in [9.17, 15) is 17.6 Å². The Hall–Kier alpha value is -2.16. The molecule has 6 nitrogen and oxygen atoms in total.